The van der Waals surface area contributed by atoms with Gasteiger partial charge in [0.2, 0.25) is 10.9 Å². The molecule has 0 radical (unpaired) electrons. The topological polar surface area (TPSA) is 102 Å². The minimum Gasteiger partial charge on any atom is -0.503 e. The van der Waals surface area contributed by atoms with Crippen LogP contribution in [0, 0.1) is 6.92 Å². The lowest BCUT2D eigenvalue weighted by molar-refractivity contribution is -0.117. The molecule has 184 valence electrons. The molecule has 0 saturated carbocycles. The molecule has 0 aliphatic carbocycles. The SMILES string of the molecule is CCCCCOc1ccc(C2C(C(=O)c3cccs3)=C(O)C(=O)N2c2nnc(C)s2)cc1OCC. The van der Waals surface area contributed by atoms with Gasteiger partial charge in [-0.1, -0.05) is 43.2 Å². The van der Waals surface area contributed by atoms with Gasteiger partial charge in [0.25, 0.3) is 5.91 Å². The van der Waals surface area contributed by atoms with E-state index < -0.39 is 23.5 Å². The highest BCUT2D eigenvalue weighted by Gasteiger charge is 2.46. The second-order valence-corrected chi connectivity index (χ2v) is 10.1. The second kappa shape index (κ2) is 11.0. The summed E-state index contributed by atoms with van der Waals surface area (Å²) >= 11 is 2.47. The number of ketones is 1. The van der Waals surface area contributed by atoms with Gasteiger partial charge in [0.15, 0.2) is 17.3 Å². The van der Waals surface area contributed by atoms with E-state index in [0.29, 0.717) is 45.3 Å². The Morgan fingerprint density at radius 3 is 2.63 bits per heavy atom. The predicted octanol–water partition coefficient (Wildman–Crippen LogP) is 5.66. The molecule has 1 aliphatic rings. The number of ether oxygens (including phenoxy) is 2. The summed E-state index contributed by atoms with van der Waals surface area (Å²) in [5.74, 6) is -0.578. The number of benzene rings is 1. The highest BCUT2D eigenvalue weighted by Crippen LogP contribution is 2.44. The summed E-state index contributed by atoms with van der Waals surface area (Å²) in [6.45, 7) is 6.76. The van der Waals surface area contributed by atoms with Gasteiger partial charge in [0, 0.05) is 0 Å². The fourth-order valence-corrected chi connectivity index (χ4v) is 5.28. The van der Waals surface area contributed by atoms with Gasteiger partial charge in [-0.15, -0.1) is 21.5 Å². The number of nitrogens with zero attached hydrogens (tertiary/aromatic N) is 3. The van der Waals surface area contributed by atoms with Gasteiger partial charge in [-0.2, -0.15) is 0 Å². The molecule has 0 fully saturated rings. The van der Waals surface area contributed by atoms with Gasteiger partial charge in [-0.05, 0) is 49.4 Å². The van der Waals surface area contributed by atoms with Gasteiger partial charge < -0.3 is 14.6 Å². The Hall–Kier alpha value is -3.24. The number of aromatic nitrogens is 2. The molecule has 4 rings (SSSR count). The van der Waals surface area contributed by atoms with Gasteiger partial charge in [-0.25, -0.2) is 0 Å². The fourth-order valence-electron chi connectivity index (χ4n) is 3.89. The monoisotopic (exact) mass is 513 g/mol. The first-order valence-electron chi connectivity index (χ1n) is 11.5. The molecule has 1 N–H and O–H groups in total. The third-order valence-corrected chi connectivity index (χ3v) is 7.21. The smallest absolute Gasteiger partial charge is 0.296 e. The molecule has 10 heteroatoms. The zero-order chi connectivity index (χ0) is 24.9. The van der Waals surface area contributed by atoms with Crippen LogP contribution in [0.2, 0.25) is 0 Å². The molecule has 3 heterocycles. The number of unbranched alkanes of at least 4 members (excludes halogenated alkanes) is 2. The summed E-state index contributed by atoms with van der Waals surface area (Å²) in [7, 11) is 0. The van der Waals surface area contributed by atoms with Crippen LogP contribution in [0.4, 0.5) is 5.13 Å². The van der Waals surface area contributed by atoms with Crippen molar-refractivity contribution in [3.05, 3.63) is 62.5 Å². The number of rotatable bonds is 11. The van der Waals surface area contributed by atoms with E-state index in [4.69, 9.17) is 9.47 Å². The highest BCUT2D eigenvalue weighted by atomic mass is 32.1. The van der Waals surface area contributed by atoms with Crippen LogP contribution in [-0.4, -0.2) is 40.2 Å². The van der Waals surface area contributed by atoms with Crippen LogP contribution in [0.3, 0.4) is 0 Å². The van der Waals surface area contributed by atoms with Crippen LogP contribution in [0.15, 0.2) is 47.0 Å². The van der Waals surface area contributed by atoms with Crippen molar-refractivity contribution in [3.63, 3.8) is 0 Å². The van der Waals surface area contributed by atoms with Crippen LogP contribution in [0.1, 0.15) is 59.4 Å². The number of aliphatic hydroxyl groups excluding tert-OH is 1. The molecular formula is C25H27N3O5S2. The number of hydrogen-bond donors (Lipinski definition) is 1. The van der Waals surface area contributed by atoms with Gasteiger partial charge in [0.05, 0.1) is 29.7 Å². The van der Waals surface area contributed by atoms with Crippen LogP contribution in [-0.2, 0) is 4.79 Å². The Kier molecular flexibility index (Phi) is 7.82. The normalized spacial score (nSPS) is 15.7. The molecule has 1 aromatic carbocycles. The predicted molar refractivity (Wildman–Crippen MR) is 136 cm³/mol. The molecule has 1 amide bonds. The lowest BCUT2D eigenvalue weighted by Crippen LogP contribution is -2.31. The van der Waals surface area contributed by atoms with E-state index in [1.54, 1.807) is 42.6 Å². The summed E-state index contributed by atoms with van der Waals surface area (Å²) in [6, 6.07) is 7.87. The van der Waals surface area contributed by atoms with Crippen molar-refractivity contribution >= 4 is 39.5 Å². The molecule has 3 aromatic rings. The number of amides is 1. The molecule has 8 nitrogen and oxygen atoms in total. The minimum atomic E-state index is -0.891. The average Bonchev–Trinajstić information content (AvgIpc) is 3.58. The van der Waals surface area contributed by atoms with Gasteiger partial charge in [-0.3, -0.25) is 14.5 Å². The molecule has 1 atom stereocenters. The Morgan fingerprint density at radius 2 is 1.97 bits per heavy atom. The molecule has 35 heavy (non-hydrogen) atoms. The fraction of sp³-hybridized carbons (Fsp3) is 0.360. The first-order valence-corrected chi connectivity index (χ1v) is 13.2. The lowest BCUT2D eigenvalue weighted by Gasteiger charge is -2.25. The average molecular weight is 514 g/mol. The summed E-state index contributed by atoms with van der Waals surface area (Å²) in [6.07, 6.45) is 3.09. The van der Waals surface area contributed by atoms with Crippen LogP contribution in [0.5, 0.6) is 11.5 Å². The summed E-state index contributed by atoms with van der Waals surface area (Å²) < 4.78 is 11.8. The van der Waals surface area contributed by atoms with E-state index in [9.17, 15) is 14.7 Å². The number of aliphatic hydroxyl groups is 1. The maximum atomic E-state index is 13.4. The molecule has 2 aromatic heterocycles. The maximum absolute atomic E-state index is 13.4. The summed E-state index contributed by atoms with van der Waals surface area (Å²) in [4.78, 5) is 28.4. The molecule has 0 saturated heterocycles. The second-order valence-electron chi connectivity index (χ2n) is 7.94. The molecule has 0 spiro atoms. The number of anilines is 1. The molecular weight excluding hydrogens is 486 g/mol. The van der Waals surface area contributed by atoms with Crippen molar-refractivity contribution in [2.75, 3.05) is 18.1 Å². The van der Waals surface area contributed by atoms with Crippen molar-refractivity contribution in [3.8, 4) is 11.5 Å². The number of aryl methyl sites for hydroxylation is 1. The number of Topliss-reactive ketones (excluding diaryl/α,β-unsaturated/α-hetero) is 1. The van der Waals surface area contributed by atoms with Crippen molar-refractivity contribution < 1.29 is 24.2 Å². The Bertz CT molecular complexity index is 1240. The number of thiophene rings is 1. The van der Waals surface area contributed by atoms with Crippen molar-refractivity contribution in [2.45, 2.75) is 46.1 Å². The number of carbonyl (C=O) groups is 2. The van der Waals surface area contributed by atoms with Crippen LogP contribution in [0.25, 0.3) is 0 Å². The zero-order valence-electron chi connectivity index (χ0n) is 19.8. The van der Waals surface area contributed by atoms with Gasteiger partial charge in [0.1, 0.15) is 5.01 Å². The molecule has 0 bridgehead atoms. The van der Waals surface area contributed by atoms with Crippen molar-refractivity contribution in [1.82, 2.24) is 10.2 Å². The third kappa shape index (κ3) is 5.08. The standard InChI is InChI=1S/C25H27N3O5S2/c1-4-6-7-12-33-17-11-10-16(14-18(17)32-5-2)21-20(22(29)19-9-8-13-34-19)23(30)24(31)28(21)25-27-26-15(3)35-25/h8-11,13-14,21,30H,4-7,12H2,1-3H3. The van der Waals surface area contributed by atoms with Crippen molar-refractivity contribution in [1.29, 1.82) is 0 Å². The zero-order valence-corrected chi connectivity index (χ0v) is 21.4. The molecule has 1 unspecified atom stereocenters. The molecule has 1 aliphatic heterocycles. The Balaban J connectivity index is 1.78. The summed E-state index contributed by atoms with van der Waals surface area (Å²) in [5, 5.41) is 21.8. The largest absolute Gasteiger partial charge is 0.503 e. The Labute approximate surface area is 211 Å². The minimum absolute atomic E-state index is 0.00404. The van der Waals surface area contributed by atoms with E-state index in [0.717, 1.165) is 19.3 Å². The number of carbonyl (C=O) groups excluding carboxylic acids is 2. The highest BCUT2D eigenvalue weighted by molar-refractivity contribution is 7.15. The quantitative estimate of drug-likeness (QED) is 0.261. The third-order valence-electron chi connectivity index (χ3n) is 5.51. The van der Waals surface area contributed by atoms with Gasteiger partial charge >= 0.3 is 0 Å². The Morgan fingerprint density at radius 1 is 1.14 bits per heavy atom. The summed E-state index contributed by atoms with van der Waals surface area (Å²) in [5.41, 5.74) is 0.601. The van der Waals surface area contributed by atoms with E-state index in [1.807, 2.05) is 6.92 Å². The number of hydrogen-bond acceptors (Lipinski definition) is 9. The van der Waals surface area contributed by atoms with E-state index >= 15 is 0 Å². The lowest BCUT2D eigenvalue weighted by atomic mass is 9.95. The maximum Gasteiger partial charge on any atom is 0.296 e. The van der Waals surface area contributed by atoms with Crippen LogP contribution < -0.4 is 14.4 Å². The van der Waals surface area contributed by atoms with E-state index in [1.165, 1.54) is 27.6 Å². The van der Waals surface area contributed by atoms with E-state index in [-0.39, 0.29) is 5.57 Å². The van der Waals surface area contributed by atoms with E-state index in [2.05, 4.69) is 17.1 Å². The van der Waals surface area contributed by atoms with Crippen molar-refractivity contribution in [2.24, 2.45) is 0 Å². The van der Waals surface area contributed by atoms with Crippen LogP contribution >= 0.6 is 22.7 Å². The first-order chi connectivity index (χ1) is 17.0. The first kappa shape index (κ1) is 24.9.